The molecule has 0 saturated carbocycles. The maximum Gasteiger partial charge on any atom is 0.306 e. The normalized spacial score (nSPS) is 12.1. The average Bonchev–Trinajstić information content (AvgIpc) is 3.12. The quantitative estimate of drug-likeness (QED) is 0.0272. The topological polar surface area (TPSA) is 78.9 Å². The van der Waals surface area contributed by atoms with E-state index in [0.717, 1.165) is 77.0 Å². The van der Waals surface area contributed by atoms with E-state index in [1.54, 1.807) is 0 Å². The number of carbonyl (C=O) groups excluding carboxylic acids is 3. The average molecular weight is 719 g/mol. The van der Waals surface area contributed by atoms with Gasteiger partial charge in [-0.3, -0.25) is 14.4 Å². The van der Waals surface area contributed by atoms with E-state index < -0.39 is 6.10 Å². The molecule has 1 unspecified atom stereocenters. The summed E-state index contributed by atoms with van der Waals surface area (Å²) in [6, 6.07) is 0. The maximum absolute atomic E-state index is 12.7. The SMILES string of the molecule is CCCC/C=C\C/C=C\CCCCCCCC(=O)OCC(COC(=O)CCCCCCCCC)OC(=O)CCCCCCCCCCCCCC. The summed E-state index contributed by atoms with van der Waals surface area (Å²) in [7, 11) is 0. The predicted molar refractivity (Wildman–Crippen MR) is 215 cm³/mol. The third kappa shape index (κ3) is 38.9. The molecule has 0 aromatic heterocycles. The lowest BCUT2D eigenvalue weighted by atomic mass is 10.0. The van der Waals surface area contributed by atoms with E-state index in [2.05, 4.69) is 45.1 Å². The summed E-state index contributed by atoms with van der Waals surface area (Å²) < 4.78 is 16.6. The molecule has 0 amide bonds. The van der Waals surface area contributed by atoms with Gasteiger partial charge in [0.25, 0.3) is 0 Å². The highest BCUT2D eigenvalue weighted by Crippen LogP contribution is 2.14. The second kappa shape index (κ2) is 40.7. The Labute approximate surface area is 315 Å². The lowest BCUT2D eigenvalue weighted by Crippen LogP contribution is -2.30. The first-order chi connectivity index (χ1) is 25.0. The van der Waals surface area contributed by atoms with Gasteiger partial charge in [-0.15, -0.1) is 0 Å². The molecule has 0 heterocycles. The van der Waals surface area contributed by atoms with Crippen LogP contribution in [0.3, 0.4) is 0 Å². The number of esters is 3. The highest BCUT2D eigenvalue weighted by Gasteiger charge is 2.19. The minimum atomic E-state index is -0.767. The summed E-state index contributed by atoms with van der Waals surface area (Å²) >= 11 is 0. The molecule has 0 rings (SSSR count). The minimum Gasteiger partial charge on any atom is -0.462 e. The summed E-state index contributed by atoms with van der Waals surface area (Å²) in [5, 5.41) is 0. The molecule has 0 aliphatic rings. The van der Waals surface area contributed by atoms with E-state index in [1.165, 1.54) is 109 Å². The van der Waals surface area contributed by atoms with Crippen molar-refractivity contribution in [1.82, 2.24) is 0 Å². The summed E-state index contributed by atoms with van der Waals surface area (Å²) in [5.41, 5.74) is 0. The number of unbranched alkanes of at least 4 members (excludes halogenated alkanes) is 24. The first kappa shape index (κ1) is 48.9. The van der Waals surface area contributed by atoms with E-state index in [0.29, 0.717) is 19.3 Å². The van der Waals surface area contributed by atoms with E-state index in [-0.39, 0.29) is 31.1 Å². The maximum atomic E-state index is 12.7. The van der Waals surface area contributed by atoms with Gasteiger partial charge in [-0.2, -0.15) is 0 Å². The molecule has 298 valence electrons. The standard InChI is InChI=1S/C45H82O6/c1-4-7-10-13-16-18-20-22-23-25-26-29-32-35-38-44(47)50-41-42(40-49-43(46)37-34-31-28-15-12-9-6-3)51-45(48)39-36-33-30-27-24-21-19-17-14-11-8-5-2/h13,16,20,22,42H,4-12,14-15,17-19,21,23-41H2,1-3H3/b16-13-,22-20-. The zero-order valence-electron chi connectivity index (χ0n) is 33.9. The lowest BCUT2D eigenvalue weighted by Gasteiger charge is -2.18. The molecular weight excluding hydrogens is 636 g/mol. The van der Waals surface area contributed by atoms with Crippen LogP contribution in [0.15, 0.2) is 24.3 Å². The third-order valence-corrected chi connectivity index (χ3v) is 9.46. The third-order valence-electron chi connectivity index (χ3n) is 9.46. The molecule has 0 aliphatic heterocycles. The fourth-order valence-electron chi connectivity index (χ4n) is 6.10. The molecule has 0 aromatic carbocycles. The molecule has 0 radical (unpaired) electrons. The van der Waals surface area contributed by atoms with Crippen molar-refractivity contribution in [3.63, 3.8) is 0 Å². The van der Waals surface area contributed by atoms with Gasteiger partial charge in [0, 0.05) is 19.3 Å². The van der Waals surface area contributed by atoms with Gasteiger partial charge in [-0.05, 0) is 44.9 Å². The van der Waals surface area contributed by atoms with Crippen LogP contribution in [0.5, 0.6) is 0 Å². The van der Waals surface area contributed by atoms with Crippen LogP contribution in [-0.2, 0) is 28.6 Å². The van der Waals surface area contributed by atoms with Crippen molar-refractivity contribution >= 4 is 17.9 Å². The summed E-state index contributed by atoms with van der Waals surface area (Å²) in [5.74, 6) is -0.891. The van der Waals surface area contributed by atoms with Crippen LogP contribution in [0.4, 0.5) is 0 Å². The molecule has 6 nitrogen and oxygen atoms in total. The molecule has 0 N–H and O–H groups in total. The highest BCUT2D eigenvalue weighted by molar-refractivity contribution is 5.71. The van der Waals surface area contributed by atoms with Gasteiger partial charge in [0.15, 0.2) is 6.10 Å². The zero-order valence-corrected chi connectivity index (χ0v) is 33.9. The van der Waals surface area contributed by atoms with Crippen LogP contribution in [0.1, 0.15) is 226 Å². The molecule has 0 bridgehead atoms. The van der Waals surface area contributed by atoms with Crippen LogP contribution in [0.25, 0.3) is 0 Å². The van der Waals surface area contributed by atoms with Crippen molar-refractivity contribution in [1.29, 1.82) is 0 Å². The zero-order chi connectivity index (χ0) is 37.3. The van der Waals surface area contributed by atoms with Crippen LogP contribution in [-0.4, -0.2) is 37.2 Å². The molecule has 0 spiro atoms. The van der Waals surface area contributed by atoms with Crippen molar-refractivity contribution in [3.05, 3.63) is 24.3 Å². The molecule has 0 saturated heterocycles. The fraction of sp³-hybridized carbons (Fsp3) is 0.844. The Hall–Kier alpha value is -2.11. The molecule has 0 aromatic rings. The van der Waals surface area contributed by atoms with E-state index in [9.17, 15) is 14.4 Å². The van der Waals surface area contributed by atoms with Crippen LogP contribution >= 0.6 is 0 Å². The second-order valence-corrected chi connectivity index (χ2v) is 14.6. The van der Waals surface area contributed by atoms with E-state index in [4.69, 9.17) is 14.2 Å². The van der Waals surface area contributed by atoms with Crippen molar-refractivity contribution in [2.75, 3.05) is 13.2 Å². The van der Waals surface area contributed by atoms with Crippen molar-refractivity contribution < 1.29 is 28.6 Å². The number of allylic oxidation sites excluding steroid dienone is 4. The van der Waals surface area contributed by atoms with Gasteiger partial charge < -0.3 is 14.2 Å². The molecule has 51 heavy (non-hydrogen) atoms. The van der Waals surface area contributed by atoms with Crippen LogP contribution in [0, 0.1) is 0 Å². The monoisotopic (exact) mass is 719 g/mol. The second-order valence-electron chi connectivity index (χ2n) is 14.6. The largest absolute Gasteiger partial charge is 0.462 e. The Bertz CT molecular complexity index is 835. The fourth-order valence-corrected chi connectivity index (χ4v) is 6.10. The first-order valence-corrected chi connectivity index (χ1v) is 21.8. The summed E-state index contributed by atoms with van der Waals surface area (Å²) in [6.45, 7) is 6.53. The van der Waals surface area contributed by atoms with Crippen molar-refractivity contribution in [3.8, 4) is 0 Å². The van der Waals surface area contributed by atoms with Gasteiger partial charge in [-0.25, -0.2) is 0 Å². The van der Waals surface area contributed by atoms with Gasteiger partial charge >= 0.3 is 17.9 Å². The number of carbonyl (C=O) groups is 3. The number of hydrogen-bond donors (Lipinski definition) is 0. The summed E-state index contributed by atoms with van der Waals surface area (Å²) in [4.78, 5) is 37.5. The Balaban J connectivity index is 4.32. The van der Waals surface area contributed by atoms with Gasteiger partial charge in [0.05, 0.1) is 0 Å². The van der Waals surface area contributed by atoms with Crippen LogP contribution in [0.2, 0.25) is 0 Å². The van der Waals surface area contributed by atoms with E-state index >= 15 is 0 Å². The molecule has 6 heteroatoms. The molecule has 0 fully saturated rings. The highest BCUT2D eigenvalue weighted by atomic mass is 16.6. The Morgan fingerprint density at radius 2 is 0.725 bits per heavy atom. The smallest absolute Gasteiger partial charge is 0.306 e. The van der Waals surface area contributed by atoms with E-state index in [1.807, 2.05) is 0 Å². The van der Waals surface area contributed by atoms with Crippen molar-refractivity contribution in [2.45, 2.75) is 232 Å². The van der Waals surface area contributed by atoms with Gasteiger partial charge in [0.2, 0.25) is 0 Å². The molecule has 0 aliphatic carbocycles. The lowest BCUT2D eigenvalue weighted by molar-refractivity contribution is -0.167. The number of rotatable bonds is 39. The molecular formula is C45H82O6. The minimum absolute atomic E-state index is 0.0730. The number of hydrogen-bond acceptors (Lipinski definition) is 6. The molecule has 1 atom stereocenters. The summed E-state index contributed by atoms with van der Waals surface area (Å²) in [6.07, 6.45) is 43.1. The Morgan fingerprint density at radius 3 is 1.14 bits per heavy atom. The predicted octanol–water partition coefficient (Wildman–Crippen LogP) is 13.6. The van der Waals surface area contributed by atoms with Gasteiger partial charge in [0.1, 0.15) is 13.2 Å². The Morgan fingerprint density at radius 1 is 0.392 bits per heavy atom. The van der Waals surface area contributed by atoms with Gasteiger partial charge in [-0.1, -0.05) is 186 Å². The van der Waals surface area contributed by atoms with Crippen LogP contribution < -0.4 is 0 Å². The first-order valence-electron chi connectivity index (χ1n) is 21.8. The Kier molecular flexibility index (Phi) is 39.0. The van der Waals surface area contributed by atoms with Crippen molar-refractivity contribution in [2.24, 2.45) is 0 Å². The number of ether oxygens (including phenoxy) is 3.